The average molecular weight is 380 g/mol. The third-order valence-corrected chi connectivity index (χ3v) is 5.17. The van der Waals surface area contributed by atoms with Gasteiger partial charge >= 0.3 is 0 Å². The summed E-state index contributed by atoms with van der Waals surface area (Å²) in [4.78, 5) is 20.4. The van der Waals surface area contributed by atoms with Crippen molar-refractivity contribution in [2.24, 2.45) is 0 Å². The molecule has 142 valence electrons. The molecule has 0 saturated heterocycles. The van der Waals surface area contributed by atoms with Gasteiger partial charge in [-0.2, -0.15) is 0 Å². The molecule has 5 nitrogen and oxygen atoms in total. The lowest BCUT2D eigenvalue weighted by Crippen LogP contribution is -2.14. The molecule has 5 rings (SSSR count). The topological polar surface area (TPSA) is 62.2 Å². The highest BCUT2D eigenvalue weighted by Gasteiger charge is 2.10. The van der Waals surface area contributed by atoms with Crippen LogP contribution in [0.25, 0.3) is 27.8 Å². The van der Waals surface area contributed by atoms with E-state index in [4.69, 9.17) is 4.98 Å². The molecule has 5 heteroatoms. The van der Waals surface area contributed by atoms with Crippen LogP contribution in [-0.4, -0.2) is 20.3 Å². The first-order chi connectivity index (χ1) is 14.2. The van der Waals surface area contributed by atoms with E-state index in [0.29, 0.717) is 6.42 Å². The van der Waals surface area contributed by atoms with E-state index >= 15 is 0 Å². The Hall–Kier alpha value is -3.86. The van der Waals surface area contributed by atoms with E-state index in [9.17, 15) is 4.79 Å². The third-order valence-electron chi connectivity index (χ3n) is 5.17. The predicted molar refractivity (Wildman–Crippen MR) is 116 cm³/mol. The summed E-state index contributed by atoms with van der Waals surface area (Å²) in [6.07, 6.45) is 6.25. The minimum Gasteiger partial charge on any atom is -0.361 e. The van der Waals surface area contributed by atoms with E-state index in [1.807, 2.05) is 77.6 Å². The van der Waals surface area contributed by atoms with E-state index in [0.717, 1.165) is 44.6 Å². The minimum absolute atomic E-state index is 0.0362. The first kappa shape index (κ1) is 17.3. The van der Waals surface area contributed by atoms with Crippen molar-refractivity contribution in [2.75, 3.05) is 5.32 Å². The van der Waals surface area contributed by atoms with E-state index in [-0.39, 0.29) is 5.91 Å². The lowest BCUT2D eigenvalue weighted by atomic mass is 10.1. The van der Waals surface area contributed by atoms with Crippen molar-refractivity contribution in [3.05, 3.63) is 90.4 Å². The van der Waals surface area contributed by atoms with Gasteiger partial charge in [-0.3, -0.25) is 4.79 Å². The highest BCUT2D eigenvalue weighted by molar-refractivity contribution is 5.95. The molecule has 0 saturated carbocycles. The molecule has 2 aromatic carbocycles. The maximum Gasteiger partial charge on any atom is 0.228 e. The van der Waals surface area contributed by atoms with Crippen LogP contribution in [0.3, 0.4) is 0 Å². The van der Waals surface area contributed by atoms with Crippen molar-refractivity contribution in [3.63, 3.8) is 0 Å². The standard InChI is InChI=1S/C24H20N4O/c1-16-5-4-12-28-15-22(27-24(16)28)17-8-10-19(11-9-17)26-23(29)13-18-14-25-21-7-3-2-6-20(18)21/h2-12,14-15,25H,13H2,1H3,(H,26,29). The van der Waals surface area contributed by atoms with Crippen molar-refractivity contribution in [1.29, 1.82) is 0 Å². The Kier molecular flexibility index (Phi) is 4.13. The first-order valence-electron chi connectivity index (χ1n) is 9.57. The average Bonchev–Trinajstić information content (AvgIpc) is 3.34. The number of aromatic amines is 1. The molecule has 3 heterocycles. The lowest BCUT2D eigenvalue weighted by Gasteiger charge is -2.06. The Bertz CT molecular complexity index is 1330. The molecule has 0 bridgehead atoms. The Balaban J connectivity index is 1.32. The number of fused-ring (bicyclic) bond motifs is 2. The summed E-state index contributed by atoms with van der Waals surface area (Å²) in [7, 11) is 0. The van der Waals surface area contributed by atoms with E-state index in [2.05, 4.69) is 23.3 Å². The van der Waals surface area contributed by atoms with Gasteiger partial charge in [-0.1, -0.05) is 36.4 Å². The van der Waals surface area contributed by atoms with Crippen molar-refractivity contribution >= 4 is 28.1 Å². The van der Waals surface area contributed by atoms with Crippen molar-refractivity contribution in [3.8, 4) is 11.3 Å². The van der Waals surface area contributed by atoms with E-state index < -0.39 is 0 Å². The van der Waals surface area contributed by atoms with Gasteiger partial charge in [0.15, 0.2) is 0 Å². The lowest BCUT2D eigenvalue weighted by molar-refractivity contribution is -0.115. The monoisotopic (exact) mass is 380 g/mol. The molecular weight excluding hydrogens is 360 g/mol. The quantitative estimate of drug-likeness (QED) is 0.462. The van der Waals surface area contributed by atoms with Crippen LogP contribution in [0.2, 0.25) is 0 Å². The molecule has 0 atom stereocenters. The van der Waals surface area contributed by atoms with Crippen LogP contribution >= 0.6 is 0 Å². The molecule has 3 aromatic heterocycles. The van der Waals surface area contributed by atoms with Crippen molar-refractivity contribution in [1.82, 2.24) is 14.4 Å². The Morgan fingerprint density at radius 1 is 1.07 bits per heavy atom. The number of carbonyl (C=O) groups is 1. The number of pyridine rings is 1. The fraction of sp³-hybridized carbons (Fsp3) is 0.0833. The summed E-state index contributed by atoms with van der Waals surface area (Å²) < 4.78 is 2.03. The summed E-state index contributed by atoms with van der Waals surface area (Å²) in [6, 6.07) is 19.9. The number of benzene rings is 2. The van der Waals surface area contributed by atoms with Crippen LogP contribution in [-0.2, 0) is 11.2 Å². The normalized spacial score (nSPS) is 11.2. The zero-order chi connectivity index (χ0) is 19.8. The van der Waals surface area contributed by atoms with Gasteiger partial charge in [-0.05, 0) is 42.3 Å². The second kappa shape index (κ2) is 6.95. The number of hydrogen-bond acceptors (Lipinski definition) is 2. The number of carbonyl (C=O) groups excluding carboxylic acids is 1. The molecule has 0 unspecified atom stereocenters. The summed E-state index contributed by atoms with van der Waals surface area (Å²) in [5.74, 6) is -0.0362. The first-order valence-corrected chi connectivity index (χ1v) is 9.57. The molecule has 5 aromatic rings. The number of para-hydroxylation sites is 1. The number of aryl methyl sites for hydroxylation is 1. The zero-order valence-corrected chi connectivity index (χ0v) is 16.0. The number of aromatic nitrogens is 3. The molecule has 0 radical (unpaired) electrons. The summed E-state index contributed by atoms with van der Waals surface area (Å²) >= 11 is 0. The molecule has 0 aliphatic carbocycles. The van der Waals surface area contributed by atoms with Crippen LogP contribution in [0.1, 0.15) is 11.1 Å². The van der Waals surface area contributed by atoms with Gasteiger partial charge in [0.2, 0.25) is 5.91 Å². The highest BCUT2D eigenvalue weighted by atomic mass is 16.1. The largest absolute Gasteiger partial charge is 0.361 e. The summed E-state index contributed by atoms with van der Waals surface area (Å²) in [5.41, 5.74) is 6.84. The Labute approximate surface area is 168 Å². The SMILES string of the molecule is Cc1cccn2cc(-c3ccc(NC(=O)Cc4c[nH]c5ccccc45)cc3)nc12. The Morgan fingerprint density at radius 2 is 1.90 bits per heavy atom. The number of rotatable bonds is 4. The van der Waals surface area contributed by atoms with Gasteiger partial charge in [0.05, 0.1) is 12.1 Å². The second-order valence-corrected chi connectivity index (χ2v) is 7.21. The summed E-state index contributed by atoms with van der Waals surface area (Å²) in [5, 5.41) is 4.06. The molecule has 0 spiro atoms. The van der Waals surface area contributed by atoms with Gasteiger partial charge in [-0.25, -0.2) is 4.98 Å². The van der Waals surface area contributed by atoms with Gasteiger partial charge in [0.25, 0.3) is 0 Å². The van der Waals surface area contributed by atoms with Crippen molar-refractivity contribution in [2.45, 2.75) is 13.3 Å². The fourth-order valence-electron chi connectivity index (χ4n) is 3.67. The van der Waals surface area contributed by atoms with Gasteiger partial charge in [0.1, 0.15) is 5.65 Å². The van der Waals surface area contributed by atoms with E-state index in [1.54, 1.807) is 0 Å². The molecule has 29 heavy (non-hydrogen) atoms. The Morgan fingerprint density at radius 3 is 2.72 bits per heavy atom. The zero-order valence-electron chi connectivity index (χ0n) is 16.0. The molecular formula is C24H20N4O. The van der Waals surface area contributed by atoms with Crippen LogP contribution in [0.5, 0.6) is 0 Å². The van der Waals surface area contributed by atoms with Crippen LogP contribution in [0, 0.1) is 6.92 Å². The van der Waals surface area contributed by atoms with Crippen LogP contribution in [0.15, 0.2) is 79.3 Å². The van der Waals surface area contributed by atoms with Gasteiger partial charge in [0, 0.05) is 40.7 Å². The molecule has 1 amide bonds. The van der Waals surface area contributed by atoms with Gasteiger partial charge in [-0.15, -0.1) is 0 Å². The number of amides is 1. The van der Waals surface area contributed by atoms with E-state index in [1.165, 1.54) is 0 Å². The van der Waals surface area contributed by atoms with Gasteiger partial charge < -0.3 is 14.7 Å². The van der Waals surface area contributed by atoms with Crippen LogP contribution < -0.4 is 5.32 Å². The summed E-state index contributed by atoms with van der Waals surface area (Å²) in [6.45, 7) is 2.05. The van der Waals surface area contributed by atoms with Crippen LogP contribution in [0.4, 0.5) is 5.69 Å². The maximum atomic E-state index is 12.5. The maximum absolute atomic E-state index is 12.5. The fourth-order valence-corrected chi connectivity index (χ4v) is 3.67. The second-order valence-electron chi connectivity index (χ2n) is 7.21. The number of imidazole rings is 1. The molecule has 0 aliphatic heterocycles. The van der Waals surface area contributed by atoms with Crippen molar-refractivity contribution < 1.29 is 4.79 Å². The molecule has 0 fully saturated rings. The predicted octanol–water partition coefficient (Wildman–Crippen LogP) is 4.97. The number of nitrogens with zero attached hydrogens (tertiary/aromatic N) is 2. The molecule has 2 N–H and O–H groups in total. The number of hydrogen-bond donors (Lipinski definition) is 2. The minimum atomic E-state index is -0.0362. The smallest absolute Gasteiger partial charge is 0.228 e. The number of nitrogens with one attached hydrogen (secondary N) is 2. The number of anilines is 1. The third kappa shape index (κ3) is 3.27. The highest BCUT2D eigenvalue weighted by Crippen LogP contribution is 2.23. The molecule has 0 aliphatic rings. The number of H-pyrrole nitrogens is 1.